The summed E-state index contributed by atoms with van der Waals surface area (Å²) in [6, 6.07) is 9.91. The maximum atomic E-state index is 13.6. The molecule has 0 radical (unpaired) electrons. The summed E-state index contributed by atoms with van der Waals surface area (Å²) in [5.41, 5.74) is 7.18. The molecule has 8 heteroatoms. The molecule has 1 amide bonds. The molecular weight excluding hydrogens is 377 g/mol. The molecule has 0 bridgehead atoms. The van der Waals surface area contributed by atoms with Crippen LogP contribution in [0.2, 0.25) is 0 Å². The molecule has 146 valence electrons. The van der Waals surface area contributed by atoms with E-state index < -0.39 is 12.2 Å². The molecule has 1 fully saturated rings. The lowest BCUT2D eigenvalue weighted by atomic mass is 10.0. The number of benzene rings is 1. The van der Waals surface area contributed by atoms with Gasteiger partial charge in [0.25, 0.3) is 5.91 Å². The summed E-state index contributed by atoms with van der Waals surface area (Å²) >= 11 is 1.28. The zero-order valence-electron chi connectivity index (χ0n) is 15.6. The summed E-state index contributed by atoms with van der Waals surface area (Å²) in [7, 11) is 0. The molecule has 3 aromatic rings. The van der Waals surface area contributed by atoms with Crippen molar-refractivity contribution in [1.29, 1.82) is 0 Å². The normalized spacial score (nSPS) is 19.2. The molecule has 1 atom stereocenters. The number of nitrogens with two attached hydrogens (primary N) is 1. The van der Waals surface area contributed by atoms with Crippen molar-refractivity contribution in [3.8, 4) is 0 Å². The molecule has 1 aromatic carbocycles. The number of halogens is 1. The Bertz CT molecular complexity index is 1010. The van der Waals surface area contributed by atoms with Crippen LogP contribution in [0.4, 0.5) is 10.2 Å². The number of amides is 1. The topological polar surface area (TPSA) is 92.9 Å². The number of nitrogens with one attached hydrogen (secondary N) is 2. The number of rotatable bonds is 5. The van der Waals surface area contributed by atoms with Crippen LogP contribution in [0, 0.1) is 6.92 Å². The molecule has 1 saturated heterocycles. The maximum absolute atomic E-state index is 13.6. The fourth-order valence-corrected chi connectivity index (χ4v) is 4.69. The summed E-state index contributed by atoms with van der Waals surface area (Å²) < 4.78 is 13.6. The van der Waals surface area contributed by atoms with Gasteiger partial charge in [0.05, 0.1) is 15.8 Å². The van der Waals surface area contributed by atoms with Crippen LogP contribution in [0.5, 0.6) is 0 Å². The minimum absolute atomic E-state index is 0.286. The van der Waals surface area contributed by atoms with Gasteiger partial charge in [-0.25, -0.2) is 14.4 Å². The van der Waals surface area contributed by atoms with E-state index in [1.165, 1.54) is 11.3 Å². The van der Waals surface area contributed by atoms with Crippen molar-refractivity contribution in [3.63, 3.8) is 0 Å². The number of carbonyl (C=O) groups is 1. The Balaban J connectivity index is 1.66. The van der Waals surface area contributed by atoms with Crippen molar-refractivity contribution in [3.05, 3.63) is 52.2 Å². The molecule has 3 heterocycles. The summed E-state index contributed by atoms with van der Waals surface area (Å²) in [6.07, 6.45) is 1.14. The monoisotopic (exact) mass is 399 g/mol. The van der Waals surface area contributed by atoms with Gasteiger partial charge in [0.1, 0.15) is 23.1 Å². The van der Waals surface area contributed by atoms with Gasteiger partial charge in [-0.2, -0.15) is 0 Å². The zero-order valence-corrected chi connectivity index (χ0v) is 16.4. The largest absolute Gasteiger partial charge is 0.383 e. The second-order valence-electron chi connectivity index (χ2n) is 7.22. The highest BCUT2D eigenvalue weighted by Crippen LogP contribution is 2.33. The van der Waals surface area contributed by atoms with Crippen molar-refractivity contribution < 1.29 is 9.18 Å². The number of aromatic nitrogens is 2. The van der Waals surface area contributed by atoms with E-state index in [0.29, 0.717) is 52.7 Å². The number of aryl methyl sites for hydroxylation is 1. The van der Waals surface area contributed by atoms with Crippen molar-refractivity contribution in [2.24, 2.45) is 0 Å². The van der Waals surface area contributed by atoms with E-state index in [0.717, 1.165) is 11.1 Å². The van der Waals surface area contributed by atoms with E-state index >= 15 is 0 Å². The van der Waals surface area contributed by atoms with Crippen LogP contribution in [0.25, 0.3) is 10.2 Å². The average molecular weight is 399 g/mol. The number of thiophene rings is 1. The Kier molecular flexibility index (Phi) is 4.99. The van der Waals surface area contributed by atoms with Crippen LogP contribution in [0.15, 0.2) is 30.3 Å². The summed E-state index contributed by atoms with van der Waals surface area (Å²) in [5.74, 6) is 0.696. The molecule has 4 N–H and O–H groups in total. The Morgan fingerprint density at radius 1 is 1.36 bits per heavy atom. The molecule has 28 heavy (non-hydrogen) atoms. The number of nitrogen functional groups attached to an aromatic ring is 1. The van der Waals surface area contributed by atoms with Crippen LogP contribution in [0.1, 0.15) is 33.0 Å². The van der Waals surface area contributed by atoms with Gasteiger partial charge < -0.3 is 16.4 Å². The molecule has 1 unspecified atom stereocenters. The van der Waals surface area contributed by atoms with Crippen molar-refractivity contribution in [2.75, 3.05) is 25.5 Å². The fraction of sp³-hybridized carbons (Fsp3) is 0.350. The smallest absolute Gasteiger partial charge is 0.262 e. The number of anilines is 1. The van der Waals surface area contributed by atoms with E-state index in [-0.39, 0.29) is 5.91 Å². The van der Waals surface area contributed by atoms with E-state index in [2.05, 4.69) is 20.6 Å². The third-order valence-corrected chi connectivity index (χ3v) is 6.34. The van der Waals surface area contributed by atoms with Gasteiger partial charge in [-0.05, 0) is 31.0 Å². The highest BCUT2D eigenvalue weighted by atomic mass is 32.1. The number of alkyl halides is 1. The zero-order chi connectivity index (χ0) is 19.7. The first kappa shape index (κ1) is 18.8. The maximum Gasteiger partial charge on any atom is 0.262 e. The van der Waals surface area contributed by atoms with Gasteiger partial charge in [0.15, 0.2) is 0 Å². The van der Waals surface area contributed by atoms with E-state index in [1.54, 1.807) is 0 Å². The second-order valence-corrected chi connectivity index (χ2v) is 8.22. The van der Waals surface area contributed by atoms with Crippen LogP contribution in [-0.2, 0) is 6.42 Å². The fourth-order valence-electron chi connectivity index (χ4n) is 3.59. The molecule has 1 aliphatic rings. The predicted molar refractivity (Wildman–Crippen MR) is 109 cm³/mol. The lowest BCUT2D eigenvalue weighted by molar-refractivity contribution is 0.0893. The molecule has 4 rings (SSSR count). The SMILES string of the molecule is Cc1c(C(=O)NC2(CF)CCNC2)sc2nc(Cc3ccccc3)nc(N)c12. The summed E-state index contributed by atoms with van der Waals surface area (Å²) in [5, 5.41) is 6.69. The Labute approximate surface area is 166 Å². The van der Waals surface area contributed by atoms with Gasteiger partial charge in [-0.15, -0.1) is 11.3 Å². The lowest BCUT2D eigenvalue weighted by Gasteiger charge is -2.25. The molecule has 0 saturated carbocycles. The average Bonchev–Trinajstić information content (AvgIpc) is 3.28. The van der Waals surface area contributed by atoms with Crippen LogP contribution >= 0.6 is 11.3 Å². The van der Waals surface area contributed by atoms with Gasteiger partial charge in [0.2, 0.25) is 0 Å². The van der Waals surface area contributed by atoms with E-state index in [1.807, 2.05) is 37.3 Å². The third kappa shape index (κ3) is 3.45. The number of fused-ring (bicyclic) bond motifs is 1. The van der Waals surface area contributed by atoms with E-state index in [9.17, 15) is 9.18 Å². The van der Waals surface area contributed by atoms with Crippen molar-refractivity contribution in [2.45, 2.75) is 25.3 Å². The number of carbonyl (C=O) groups excluding carboxylic acids is 1. The molecule has 6 nitrogen and oxygen atoms in total. The summed E-state index contributed by atoms with van der Waals surface area (Å²) in [4.78, 5) is 23.1. The Hall–Kier alpha value is -2.58. The van der Waals surface area contributed by atoms with Gasteiger partial charge in [-0.1, -0.05) is 30.3 Å². The summed E-state index contributed by atoms with van der Waals surface area (Å²) in [6.45, 7) is 2.36. The number of nitrogens with zero attached hydrogens (tertiary/aromatic N) is 2. The van der Waals surface area contributed by atoms with E-state index in [4.69, 9.17) is 5.73 Å². The molecule has 0 aliphatic carbocycles. The second kappa shape index (κ2) is 7.44. The molecule has 1 aliphatic heterocycles. The quantitative estimate of drug-likeness (QED) is 0.613. The number of hydrogen-bond donors (Lipinski definition) is 3. The standard InChI is InChI=1S/C20H22FN5OS/c1-12-15-17(22)24-14(9-13-5-3-2-4-6-13)25-19(15)28-16(12)18(27)26-20(10-21)7-8-23-11-20/h2-6,23H,7-11H2,1H3,(H,26,27)(H2,22,24,25). The van der Waals surface area contributed by atoms with Crippen molar-refractivity contribution >= 4 is 33.3 Å². The highest BCUT2D eigenvalue weighted by molar-refractivity contribution is 7.20. The van der Waals surface area contributed by atoms with Gasteiger partial charge in [-0.3, -0.25) is 4.79 Å². The third-order valence-electron chi connectivity index (χ3n) is 5.15. The predicted octanol–water partition coefficient (Wildman–Crippen LogP) is 2.60. The first-order valence-corrected chi connectivity index (χ1v) is 10.0. The Morgan fingerprint density at radius 2 is 2.14 bits per heavy atom. The van der Waals surface area contributed by atoms with Crippen LogP contribution < -0.4 is 16.4 Å². The minimum Gasteiger partial charge on any atom is -0.383 e. The highest BCUT2D eigenvalue weighted by Gasteiger charge is 2.36. The first-order valence-electron chi connectivity index (χ1n) is 9.20. The first-order chi connectivity index (χ1) is 13.5. The molecule has 2 aromatic heterocycles. The Morgan fingerprint density at radius 3 is 2.82 bits per heavy atom. The molecule has 0 spiro atoms. The molecular formula is C20H22FN5OS. The van der Waals surface area contributed by atoms with Crippen molar-refractivity contribution in [1.82, 2.24) is 20.6 Å². The van der Waals surface area contributed by atoms with Gasteiger partial charge in [0, 0.05) is 13.0 Å². The minimum atomic E-state index is -0.838. The van der Waals surface area contributed by atoms with Gasteiger partial charge >= 0.3 is 0 Å². The lowest BCUT2D eigenvalue weighted by Crippen LogP contribution is -2.51. The number of hydrogen-bond acceptors (Lipinski definition) is 6. The van der Waals surface area contributed by atoms with Crippen LogP contribution in [-0.4, -0.2) is 41.2 Å². The van der Waals surface area contributed by atoms with Crippen LogP contribution in [0.3, 0.4) is 0 Å².